The number of aromatic hydroxyl groups is 1. The first-order valence-corrected chi connectivity index (χ1v) is 7.86. The lowest BCUT2D eigenvalue weighted by Gasteiger charge is -2.21. The number of benzene rings is 1. The van der Waals surface area contributed by atoms with E-state index < -0.39 is 0 Å². The van der Waals surface area contributed by atoms with Crippen molar-refractivity contribution in [1.29, 1.82) is 0 Å². The molecule has 3 heteroatoms. The molecule has 1 aromatic carbocycles. The van der Waals surface area contributed by atoms with Gasteiger partial charge in [-0.1, -0.05) is 26.8 Å². The maximum atomic E-state index is 10.2. The molecule has 0 fully saturated rings. The predicted molar refractivity (Wildman–Crippen MR) is 84.4 cm³/mol. The molecule has 2 N–H and O–H groups in total. The number of fused-ring (bicyclic) bond motifs is 1. The van der Waals surface area contributed by atoms with E-state index in [2.05, 4.69) is 37.9 Å². The molecule has 2 rings (SSSR count). The molecular formula is C17H28N2O. The smallest absolute Gasteiger partial charge is 0.120 e. The van der Waals surface area contributed by atoms with Crippen molar-refractivity contribution < 1.29 is 5.11 Å². The molecule has 0 heterocycles. The van der Waals surface area contributed by atoms with Gasteiger partial charge in [0, 0.05) is 24.7 Å². The largest absolute Gasteiger partial charge is 0.508 e. The van der Waals surface area contributed by atoms with Crippen LogP contribution in [-0.4, -0.2) is 36.2 Å². The molecule has 3 nitrogen and oxygen atoms in total. The molecular weight excluding hydrogens is 248 g/mol. The van der Waals surface area contributed by atoms with E-state index in [-0.39, 0.29) is 0 Å². The van der Waals surface area contributed by atoms with Crippen molar-refractivity contribution in [2.45, 2.75) is 46.1 Å². The van der Waals surface area contributed by atoms with Gasteiger partial charge in [0.25, 0.3) is 0 Å². The maximum Gasteiger partial charge on any atom is 0.120 e. The van der Waals surface area contributed by atoms with Crippen LogP contribution in [0.25, 0.3) is 0 Å². The quantitative estimate of drug-likeness (QED) is 0.837. The molecule has 0 aromatic heterocycles. The number of likely N-dealkylation sites (N-methyl/N-ethyl adjacent to an activating group) is 1. The first-order valence-electron chi connectivity index (χ1n) is 7.86. The molecule has 20 heavy (non-hydrogen) atoms. The molecule has 2 atom stereocenters. The Kier molecular flexibility index (Phi) is 5.06. The van der Waals surface area contributed by atoms with Gasteiger partial charge >= 0.3 is 0 Å². The van der Waals surface area contributed by atoms with E-state index in [9.17, 15) is 5.11 Å². The van der Waals surface area contributed by atoms with E-state index in [1.165, 1.54) is 11.1 Å². The number of hydrogen-bond donors (Lipinski definition) is 2. The highest BCUT2D eigenvalue weighted by Crippen LogP contribution is 2.45. The van der Waals surface area contributed by atoms with Crippen LogP contribution in [0.5, 0.6) is 5.75 Å². The van der Waals surface area contributed by atoms with Crippen molar-refractivity contribution in [1.82, 2.24) is 10.2 Å². The summed E-state index contributed by atoms with van der Waals surface area (Å²) in [6, 6.07) is 4.17. The fraction of sp³-hybridized carbons (Fsp3) is 0.647. The minimum absolute atomic E-state index is 0.301. The number of phenolic OH excluding ortho intramolecular Hbond substituents is 1. The fourth-order valence-electron chi connectivity index (χ4n) is 3.47. The predicted octanol–water partition coefficient (Wildman–Crippen LogP) is 3.18. The Morgan fingerprint density at radius 2 is 1.95 bits per heavy atom. The summed E-state index contributed by atoms with van der Waals surface area (Å²) in [4.78, 5) is 2.42. The standard InChI is InChI=1S/C17H28N2O/c1-5-19(6-2)10-9-18-14-11-13(4)16-12(3)7-8-15(20)17(14)16/h7-8,13-14,18,20H,5-6,9-11H2,1-4H3. The maximum absolute atomic E-state index is 10.2. The van der Waals surface area contributed by atoms with Crippen LogP contribution >= 0.6 is 0 Å². The van der Waals surface area contributed by atoms with Crippen molar-refractivity contribution in [3.8, 4) is 5.75 Å². The molecule has 1 aliphatic rings. The zero-order valence-corrected chi connectivity index (χ0v) is 13.2. The van der Waals surface area contributed by atoms with E-state index in [0.29, 0.717) is 17.7 Å². The van der Waals surface area contributed by atoms with Crippen molar-refractivity contribution >= 4 is 0 Å². The Balaban J connectivity index is 2.05. The van der Waals surface area contributed by atoms with Gasteiger partial charge in [-0.15, -0.1) is 0 Å². The minimum Gasteiger partial charge on any atom is -0.508 e. The molecule has 112 valence electrons. The average molecular weight is 276 g/mol. The molecule has 0 spiro atoms. The lowest BCUT2D eigenvalue weighted by molar-refractivity contribution is 0.295. The van der Waals surface area contributed by atoms with E-state index in [0.717, 1.165) is 38.2 Å². The second-order valence-electron chi connectivity index (χ2n) is 5.90. The van der Waals surface area contributed by atoms with E-state index in [1.54, 1.807) is 0 Å². The van der Waals surface area contributed by atoms with Crippen LogP contribution in [0.2, 0.25) is 0 Å². The van der Waals surface area contributed by atoms with Gasteiger partial charge in [0.2, 0.25) is 0 Å². The minimum atomic E-state index is 0.301. The van der Waals surface area contributed by atoms with Crippen molar-refractivity contribution in [2.24, 2.45) is 0 Å². The van der Waals surface area contributed by atoms with Crippen molar-refractivity contribution in [3.05, 3.63) is 28.8 Å². The lowest BCUT2D eigenvalue weighted by atomic mass is 9.97. The van der Waals surface area contributed by atoms with Crippen molar-refractivity contribution in [3.63, 3.8) is 0 Å². The highest BCUT2D eigenvalue weighted by molar-refractivity contribution is 5.50. The third kappa shape index (κ3) is 2.99. The highest BCUT2D eigenvalue weighted by Gasteiger charge is 2.31. The van der Waals surface area contributed by atoms with Crippen LogP contribution in [-0.2, 0) is 0 Å². The van der Waals surface area contributed by atoms with Crippen LogP contribution in [0.4, 0.5) is 0 Å². The van der Waals surface area contributed by atoms with E-state index >= 15 is 0 Å². The Bertz CT molecular complexity index is 455. The highest BCUT2D eigenvalue weighted by atomic mass is 16.3. The summed E-state index contributed by atoms with van der Waals surface area (Å²) in [6.45, 7) is 13.0. The molecule has 0 saturated heterocycles. The zero-order chi connectivity index (χ0) is 14.7. The molecule has 1 aliphatic carbocycles. The Hall–Kier alpha value is -1.06. The molecule has 0 bridgehead atoms. The summed E-state index contributed by atoms with van der Waals surface area (Å²) in [5.41, 5.74) is 3.79. The van der Waals surface area contributed by atoms with Gasteiger partial charge in [-0.05, 0) is 49.5 Å². The van der Waals surface area contributed by atoms with Gasteiger partial charge in [-0.3, -0.25) is 0 Å². The SMILES string of the molecule is CCN(CC)CCNC1CC(C)c2c(C)ccc(O)c21. The third-order valence-electron chi connectivity index (χ3n) is 4.63. The summed E-state index contributed by atoms with van der Waals surface area (Å²) >= 11 is 0. The van der Waals surface area contributed by atoms with Gasteiger partial charge in [0.1, 0.15) is 5.75 Å². The summed E-state index contributed by atoms with van der Waals surface area (Å²) < 4.78 is 0. The number of aryl methyl sites for hydroxylation is 1. The lowest BCUT2D eigenvalue weighted by Crippen LogP contribution is -2.33. The number of phenols is 1. The number of nitrogens with zero attached hydrogens (tertiary/aromatic N) is 1. The first-order chi connectivity index (χ1) is 9.58. The molecule has 0 amide bonds. The fourth-order valence-corrected chi connectivity index (χ4v) is 3.47. The molecule has 0 radical (unpaired) electrons. The van der Waals surface area contributed by atoms with Gasteiger partial charge in [0.15, 0.2) is 0 Å². The van der Waals surface area contributed by atoms with Crippen LogP contribution in [0.15, 0.2) is 12.1 Å². The third-order valence-corrected chi connectivity index (χ3v) is 4.63. The zero-order valence-electron chi connectivity index (χ0n) is 13.2. The van der Waals surface area contributed by atoms with Gasteiger partial charge in [0.05, 0.1) is 0 Å². The van der Waals surface area contributed by atoms with Gasteiger partial charge in [-0.2, -0.15) is 0 Å². The summed E-state index contributed by atoms with van der Waals surface area (Å²) in [7, 11) is 0. The molecule has 0 saturated carbocycles. The summed E-state index contributed by atoms with van der Waals surface area (Å²) in [5, 5.41) is 13.8. The molecule has 1 aromatic rings. The van der Waals surface area contributed by atoms with Crippen LogP contribution in [0.1, 0.15) is 55.8 Å². The van der Waals surface area contributed by atoms with Crippen LogP contribution in [0.3, 0.4) is 0 Å². The average Bonchev–Trinajstić information content (AvgIpc) is 2.77. The Morgan fingerprint density at radius 3 is 2.60 bits per heavy atom. The molecule has 2 unspecified atom stereocenters. The van der Waals surface area contributed by atoms with Crippen LogP contribution < -0.4 is 5.32 Å². The van der Waals surface area contributed by atoms with Gasteiger partial charge in [-0.25, -0.2) is 0 Å². The summed E-state index contributed by atoms with van der Waals surface area (Å²) in [6.07, 6.45) is 1.09. The second-order valence-corrected chi connectivity index (χ2v) is 5.90. The number of hydrogen-bond acceptors (Lipinski definition) is 3. The summed E-state index contributed by atoms with van der Waals surface area (Å²) in [5.74, 6) is 0.985. The topological polar surface area (TPSA) is 35.5 Å². The van der Waals surface area contributed by atoms with E-state index in [1.807, 2.05) is 12.1 Å². The number of rotatable bonds is 6. The van der Waals surface area contributed by atoms with Gasteiger partial charge < -0.3 is 15.3 Å². The first kappa shape index (κ1) is 15.3. The Morgan fingerprint density at radius 1 is 1.25 bits per heavy atom. The molecule has 0 aliphatic heterocycles. The van der Waals surface area contributed by atoms with Crippen LogP contribution in [0, 0.1) is 6.92 Å². The normalized spacial score (nSPS) is 21.4. The second kappa shape index (κ2) is 6.59. The van der Waals surface area contributed by atoms with Crippen molar-refractivity contribution in [2.75, 3.05) is 26.2 Å². The monoisotopic (exact) mass is 276 g/mol. The number of nitrogens with one attached hydrogen (secondary N) is 1. The van der Waals surface area contributed by atoms with E-state index in [4.69, 9.17) is 0 Å². The Labute approximate surface area is 123 Å².